The minimum absolute atomic E-state index is 0.0712. The van der Waals surface area contributed by atoms with E-state index in [1.165, 1.54) is 10.4 Å². The van der Waals surface area contributed by atoms with Crippen LogP contribution in [0.5, 0.6) is 0 Å². The summed E-state index contributed by atoms with van der Waals surface area (Å²) in [5.74, 6) is -0.425. The van der Waals surface area contributed by atoms with Gasteiger partial charge < -0.3 is 4.74 Å². The molecule has 1 aromatic carbocycles. The van der Waals surface area contributed by atoms with Crippen LogP contribution in [0.25, 0.3) is 0 Å². The Hall–Kier alpha value is -0.980. The molecule has 2 rings (SSSR count). The SMILES string of the molecule is CC1COCCN1S(=O)(=O)CCc1ccccc1F. The second kappa shape index (κ2) is 5.98. The summed E-state index contributed by atoms with van der Waals surface area (Å²) in [6.45, 7) is 3.03. The first-order valence-corrected chi connectivity index (χ1v) is 7.92. The molecule has 6 heteroatoms. The number of rotatable bonds is 4. The van der Waals surface area contributed by atoms with E-state index in [0.717, 1.165) is 0 Å². The van der Waals surface area contributed by atoms with Crippen LogP contribution >= 0.6 is 0 Å². The van der Waals surface area contributed by atoms with Crippen LogP contribution in [0, 0.1) is 5.82 Å². The Morgan fingerprint density at radius 2 is 2.16 bits per heavy atom. The van der Waals surface area contributed by atoms with E-state index in [2.05, 4.69) is 0 Å². The first kappa shape index (κ1) is 14.4. The van der Waals surface area contributed by atoms with Gasteiger partial charge in [0.2, 0.25) is 10.0 Å². The lowest BCUT2D eigenvalue weighted by Gasteiger charge is -2.32. The van der Waals surface area contributed by atoms with Gasteiger partial charge in [-0.25, -0.2) is 12.8 Å². The molecule has 0 aromatic heterocycles. The highest BCUT2D eigenvalue weighted by atomic mass is 32.2. The fraction of sp³-hybridized carbons (Fsp3) is 0.538. The van der Waals surface area contributed by atoms with Crippen molar-refractivity contribution in [3.05, 3.63) is 35.6 Å². The van der Waals surface area contributed by atoms with E-state index in [9.17, 15) is 12.8 Å². The minimum atomic E-state index is -3.36. The molecule has 0 amide bonds. The second-order valence-corrected chi connectivity index (χ2v) is 6.73. The Bertz CT molecular complexity index is 532. The van der Waals surface area contributed by atoms with Gasteiger partial charge in [0.1, 0.15) is 5.82 Å². The quantitative estimate of drug-likeness (QED) is 0.841. The van der Waals surface area contributed by atoms with Gasteiger partial charge in [0.05, 0.1) is 19.0 Å². The molecule has 0 saturated carbocycles. The zero-order valence-corrected chi connectivity index (χ0v) is 11.7. The summed E-state index contributed by atoms with van der Waals surface area (Å²) in [4.78, 5) is 0. The van der Waals surface area contributed by atoms with E-state index in [1.54, 1.807) is 18.2 Å². The maximum atomic E-state index is 13.5. The Morgan fingerprint density at radius 1 is 1.42 bits per heavy atom. The average molecular weight is 287 g/mol. The molecule has 1 aliphatic rings. The molecule has 1 heterocycles. The second-order valence-electron chi connectivity index (χ2n) is 4.69. The van der Waals surface area contributed by atoms with E-state index in [1.807, 2.05) is 6.92 Å². The van der Waals surface area contributed by atoms with Crippen LogP contribution in [-0.4, -0.2) is 44.3 Å². The third-order valence-corrected chi connectivity index (χ3v) is 5.23. The molecule has 0 N–H and O–H groups in total. The first-order chi connectivity index (χ1) is 9.00. The lowest BCUT2D eigenvalue weighted by molar-refractivity contribution is 0.0393. The van der Waals surface area contributed by atoms with Gasteiger partial charge in [-0.15, -0.1) is 0 Å². The highest BCUT2D eigenvalue weighted by Crippen LogP contribution is 2.15. The molecule has 19 heavy (non-hydrogen) atoms. The smallest absolute Gasteiger partial charge is 0.214 e. The van der Waals surface area contributed by atoms with Crippen LogP contribution < -0.4 is 0 Å². The molecule has 1 aliphatic heterocycles. The van der Waals surface area contributed by atoms with Crippen molar-refractivity contribution in [2.24, 2.45) is 0 Å². The third-order valence-electron chi connectivity index (χ3n) is 3.25. The van der Waals surface area contributed by atoms with Crippen LogP contribution in [0.4, 0.5) is 4.39 Å². The maximum Gasteiger partial charge on any atom is 0.214 e. The van der Waals surface area contributed by atoms with Crippen LogP contribution in [0.1, 0.15) is 12.5 Å². The monoisotopic (exact) mass is 287 g/mol. The van der Waals surface area contributed by atoms with Crippen molar-refractivity contribution in [2.75, 3.05) is 25.5 Å². The summed E-state index contributed by atoms with van der Waals surface area (Å²) in [5.41, 5.74) is 0.437. The Kier molecular flexibility index (Phi) is 4.54. The Morgan fingerprint density at radius 3 is 2.84 bits per heavy atom. The van der Waals surface area contributed by atoms with Gasteiger partial charge in [0.25, 0.3) is 0 Å². The highest BCUT2D eigenvalue weighted by Gasteiger charge is 2.29. The summed E-state index contributed by atoms with van der Waals surface area (Å²) in [6, 6.07) is 6.12. The standard InChI is InChI=1S/C13H18FNO3S/c1-11-10-18-8-7-15(11)19(16,17)9-6-12-4-2-3-5-13(12)14/h2-5,11H,6-10H2,1H3. The summed E-state index contributed by atoms with van der Waals surface area (Å²) in [5, 5.41) is 0. The predicted octanol–water partition coefficient (Wildman–Crippen LogP) is 1.42. The Labute approximate surface area is 113 Å². The molecule has 1 saturated heterocycles. The molecule has 1 aromatic rings. The Balaban J connectivity index is 2.03. The number of hydrogen-bond donors (Lipinski definition) is 0. The average Bonchev–Trinajstić information content (AvgIpc) is 2.38. The molecule has 1 atom stereocenters. The van der Waals surface area contributed by atoms with Gasteiger partial charge in [-0.05, 0) is 25.0 Å². The number of ether oxygens (including phenoxy) is 1. The minimum Gasteiger partial charge on any atom is -0.378 e. The fourth-order valence-electron chi connectivity index (χ4n) is 2.18. The van der Waals surface area contributed by atoms with E-state index >= 15 is 0 Å². The van der Waals surface area contributed by atoms with Crippen LogP contribution in [-0.2, 0) is 21.2 Å². The number of aryl methyl sites for hydroxylation is 1. The van der Waals surface area contributed by atoms with Crippen molar-refractivity contribution in [1.29, 1.82) is 0 Å². The molecule has 106 valence electrons. The summed E-state index contributed by atoms with van der Waals surface area (Å²) < 4.78 is 44.6. The summed E-state index contributed by atoms with van der Waals surface area (Å²) >= 11 is 0. The summed E-state index contributed by atoms with van der Waals surface area (Å²) in [6.07, 6.45) is 0.194. The van der Waals surface area contributed by atoms with Gasteiger partial charge in [-0.2, -0.15) is 4.31 Å². The van der Waals surface area contributed by atoms with Crippen molar-refractivity contribution in [1.82, 2.24) is 4.31 Å². The van der Waals surface area contributed by atoms with Gasteiger partial charge in [-0.1, -0.05) is 18.2 Å². The molecule has 1 unspecified atom stereocenters. The van der Waals surface area contributed by atoms with Crippen molar-refractivity contribution >= 4 is 10.0 Å². The molecule has 0 aliphatic carbocycles. The maximum absolute atomic E-state index is 13.5. The van der Waals surface area contributed by atoms with Gasteiger partial charge in [0.15, 0.2) is 0 Å². The van der Waals surface area contributed by atoms with Crippen molar-refractivity contribution in [3.63, 3.8) is 0 Å². The van der Waals surface area contributed by atoms with Crippen molar-refractivity contribution in [3.8, 4) is 0 Å². The number of sulfonamides is 1. The van der Waals surface area contributed by atoms with Gasteiger partial charge in [-0.3, -0.25) is 0 Å². The fourth-order valence-corrected chi connectivity index (χ4v) is 3.86. The lowest BCUT2D eigenvalue weighted by atomic mass is 10.2. The topological polar surface area (TPSA) is 46.6 Å². The highest BCUT2D eigenvalue weighted by molar-refractivity contribution is 7.89. The zero-order chi connectivity index (χ0) is 13.9. The van der Waals surface area contributed by atoms with Gasteiger partial charge in [0, 0.05) is 12.6 Å². The number of morpholine rings is 1. The molecule has 0 radical (unpaired) electrons. The van der Waals surface area contributed by atoms with E-state index in [4.69, 9.17) is 4.74 Å². The first-order valence-electron chi connectivity index (χ1n) is 6.31. The number of nitrogens with zero attached hydrogens (tertiary/aromatic N) is 1. The molecule has 1 fully saturated rings. The van der Waals surface area contributed by atoms with Crippen LogP contribution in [0.3, 0.4) is 0 Å². The molecule has 4 nitrogen and oxygen atoms in total. The van der Waals surface area contributed by atoms with Crippen LogP contribution in [0.15, 0.2) is 24.3 Å². The van der Waals surface area contributed by atoms with Crippen molar-refractivity contribution < 1.29 is 17.5 Å². The summed E-state index contributed by atoms with van der Waals surface area (Å²) in [7, 11) is -3.36. The third kappa shape index (κ3) is 3.52. The van der Waals surface area contributed by atoms with Crippen molar-refractivity contribution in [2.45, 2.75) is 19.4 Å². The predicted molar refractivity (Wildman–Crippen MR) is 70.9 cm³/mol. The molecule has 0 spiro atoms. The lowest BCUT2D eigenvalue weighted by Crippen LogP contribution is -2.48. The zero-order valence-electron chi connectivity index (χ0n) is 10.9. The largest absolute Gasteiger partial charge is 0.378 e. The van der Waals surface area contributed by atoms with E-state index in [0.29, 0.717) is 25.3 Å². The molecular formula is C13H18FNO3S. The van der Waals surface area contributed by atoms with Gasteiger partial charge >= 0.3 is 0 Å². The number of halogens is 1. The van der Waals surface area contributed by atoms with Crippen LogP contribution in [0.2, 0.25) is 0 Å². The normalized spacial score (nSPS) is 21.5. The molecule has 0 bridgehead atoms. The van der Waals surface area contributed by atoms with E-state index in [-0.39, 0.29) is 24.0 Å². The number of hydrogen-bond acceptors (Lipinski definition) is 3. The number of benzene rings is 1. The van der Waals surface area contributed by atoms with E-state index < -0.39 is 10.0 Å². The molecular weight excluding hydrogens is 269 g/mol.